The molecule has 0 aliphatic heterocycles. The molecule has 0 atom stereocenters. The molecule has 4 aromatic rings. The first-order valence-corrected chi connectivity index (χ1v) is 11.0. The lowest BCUT2D eigenvalue weighted by atomic mass is 9.97. The van der Waals surface area contributed by atoms with Gasteiger partial charge in [0.1, 0.15) is 0 Å². The molecule has 4 aromatic carbocycles. The van der Waals surface area contributed by atoms with E-state index < -0.39 is 15.6 Å². The molecule has 7 nitrogen and oxygen atoms in total. The van der Waals surface area contributed by atoms with Gasteiger partial charge in [-0.15, -0.1) is 0 Å². The minimum atomic E-state index is -5.11. The monoisotopic (exact) mass is 403 g/mol. The number of rotatable bonds is 3. The number of phosphoric acid groups is 1. The van der Waals surface area contributed by atoms with Crippen molar-refractivity contribution in [1.29, 1.82) is 0 Å². The van der Waals surface area contributed by atoms with Gasteiger partial charge in [0.05, 0.1) is 5.69 Å². The van der Waals surface area contributed by atoms with Gasteiger partial charge in [-0.3, -0.25) is 0 Å². The van der Waals surface area contributed by atoms with Crippen molar-refractivity contribution in [1.82, 2.24) is 0 Å². The molecule has 138 valence electrons. The van der Waals surface area contributed by atoms with Crippen molar-refractivity contribution in [2.45, 2.75) is 0 Å². The molecule has 0 radical (unpaired) electrons. The number of nitrogens with zero attached hydrogens (tertiary/aromatic N) is 1. The van der Waals surface area contributed by atoms with Gasteiger partial charge in [0.15, 0.2) is 0 Å². The van der Waals surface area contributed by atoms with Crippen LogP contribution in [0.5, 0.6) is 0 Å². The predicted octanol–water partition coefficient (Wildman–Crippen LogP) is 4.82. The maximum absolute atomic E-state index is 11.0. The molecule has 0 amide bonds. The third-order valence-corrected chi connectivity index (χ3v) is 6.36. The van der Waals surface area contributed by atoms with E-state index in [1.807, 2.05) is 54.6 Å². The molecular formula is C18H15NO6P2. The van der Waals surface area contributed by atoms with Crippen molar-refractivity contribution >= 4 is 53.6 Å². The van der Waals surface area contributed by atoms with Crippen LogP contribution in [0.1, 0.15) is 0 Å². The summed E-state index contributed by atoms with van der Waals surface area (Å²) in [5.74, 6) is 0. The molecule has 9 heteroatoms. The molecule has 0 fully saturated rings. The van der Waals surface area contributed by atoms with Gasteiger partial charge in [-0.25, -0.2) is 8.88 Å². The van der Waals surface area contributed by atoms with E-state index in [1.165, 1.54) is 0 Å². The summed E-state index contributed by atoms with van der Waals surface area (Å²) >= 11 is 0. The fourth-order valence-electron chi connectivity index (χ4n) is 3.17. The minimum absolute atomic E-state index is 0.181. The molecule has 0 spiro atoms. The Morgan fingerprint density at radius 1 is 0.741 bits per heavy atom. The SMILES string of the molecule is O=P(O)(O)OP(O)(O)=Nc1cccc2ccc3cc4ccccc4cc3c12. The lowest BCUT2D eigenvalue weighted by molar-refractivity contribution is 0.254. The summed E-state index contributed by atoms with van der Waals surface area (Å²) in [5.41, 5.74) is 0.181. The zero-order chi connectivity index (χ0) is 19.2. The third-order valence-electron chi connectivity index (χ3n) is 4.16. The largest absolute Gasteiger partial charge is 0.477 e. The van der Waals surface area contributed by atoms with Crippen LogP contribution < -0.4 is 0 Å². The van der Waals surface area contributed by atoms with Crippen LogP contribution in [-0.4, -0.2) is 19.6 Å². The number of hydrogen-bond acceptors (Lipinski definition) is 3. The van der Waals surface area contributed by atoms with Crippen molar-refractivity contribution in [3.63, 3.8) is 0 Å². The second kappa shape index (κ2) is 6.51. The van der Waals surface area contributed by atoms with E-state index in [2.05, 4.69) is 9.06 Å². The summed E-state index contributed by atoms with van der Waals surface area (Å²) < 4.78 is 18.8. The summed E-state index contributed by atoms with van der Waals surface area (Å²) in [5, 5.41) is 5.28. The highest BCUT2D eigenvalue weighted by Crippen LogP contribution is 2.58. The van der Waals surface area contributed by atoms with Gasteiger partial charge in [-0.05, 0) is 45.1 Å². The molecule has 0 unspecified atom stereocenters. The van der Waals surface area contributed by atoms with Gasteiger partial charge in [-0.2, -0.15) is 4.74 Å². The molecule has 0 aromatic heterocycles. The number of fused-ring (bicyclic) bond motifs is 4. The highest BCUT2D eigenvalue weighted by atomic mass is 31.3. The van der Waals surface area contributed by atoms with Crippen LogP contribution in [0.15, 0.2) is 71.5 Å². The summed E-state index contributed by atoms with van der Waals surface area (Å²) in [4.78, 5) is 37.5. The zero-order valence-corrected chi connectivity index (χ0v) is 15.6. The van der Waals surface area contributed by atoms with E-state index in [0.717, 1.165) is 26.9 Å². The van der Waals surface area contributed by atoms with Crippen LogP contribution in [0.3, 0.4) is 0 Å². The van der Waals surface area contributed by atoms with E-state index in [9.17, 15) is 14.4 Å². The molecule has 0 aliphatic rings. The van der Waals surface area contributed by atoms with Gasteiger partial charge in [0.25, 0.3) is 0 Å². The average molecular weight is 403 g/mol. The molecule has 0 saturated carbocycles. The maximum atomic E-state index is 11.0. The van der Waals surface area contributed by atoms with Crippen molar-refractivity contribution < 1.29 is 28.4 Å². The van der Waals surface area contributed by atoms with Gasteiger partial charge >= 0.3 is 15.6 Å². The molecule has 4 rings (SSSR count). The Bertz CT molecular complexity index is 1290. The Morgan fingerprint density at radius 2 is 1.37 bits per heavy atom. The molecule has 0 aliphatic carbocycles. The van der Waals surface area contributed by atoms with E-state index in [4.69, 9.17) is 9.79 Å². The summed E-state index contributed by atoms with van der Waals surface area (Å²) in [6.07, 6.45) is 0. The number of hydrogen-bond donors (Lipinski definition) is 4. The molecule has 4 N–H and O–H groups in total. The highest BCUT2D eigenvalue weighted by molar-refractivity contribution is 7.61. The summed E-state index contributed by atoms with van der Waals surface area (Å²) in [6, 6.07) is 20.7. The van der Waals surface area contributed by atoms with E-state index in [0.29, 0.717) is 5.39 Å². The average Bonchev–Trinajstić information content (AvgIpc) is 2.57. The summed E-state index contributed by atoms with van der Waals surface area (Å²) in [6.45, 7) is 0. The van der Waals surface area contributed by atoms with Gasteiger partial charge < -0.3 is 19.6 Å². The van der Waals surface area contributed by atoms with Crippen LogP contribution in [0.4, 0.5) is 5.69 Å². The van der Waals surface area contributed by atoms with Crippen molar-refractivity contribution in [3.8, 4) is 0 Å². The smallest absolute Gasteiger partial charge is 0.318 e. The highest BCUT2D eigenvalue weighted by Gasteiger charge is 2.27. The first-order valence-electron chi connectivity index (χ1n) is 7.91. The minimum Gasteiger partial charge on any atom is -0.318 e. The lowest BCUT2D eigenvalue weighted by Crippen LogP contribution is -1.87. The maximum Gasteiger partial charge on any atom is 0.477 e. The van der Waals surface area contributed by atoms with Gasteiger partial charge in [-0.1, -0.05) is 48.5 Å². The van der Waals surface area contributed by atoms with Crippen molar-refractivity contribution in [2.24, 2.45) is 4.74 Å². The second-order valence-electron chi connectivity index (χ2n) is 6.05. The quantitative estimate of drug-likeness (QED) is 0.221. The van der Waals surface area contributed by atoms with Crippen LogP contribution in [0.25, 0.3) is 32.3 Å². The molecule has 0 bridgehead atoms. The standard InChI is InChI=1S/C18H15NO6P2/c20-26(21,25-27(22,23)24)19-17-7-3-6-12-8-9-15-10-13-4-1-2-5-14(13)11-16(15)18(12)17/h1-11,20-21H,(H2,22,23,24). The second-order valence-corrected chi connectivity index (χ2v) is 8.91. The van der Waals surface area contributed by atoms with E-state index >= 15 is 0 Å². The van der Waals surface area contributed by atoms with Crippen LogP contribution in [0.2, 0.25) is 0 Å². The van der Waals surface area contributed by atoms with E-state index in [-0.39, 0.29) is 5.69 Å². The predicted molar refractivity (Wildman–Crippen MR) is 106 cm³/mol. The summed E-state index contributed by atoms with van der Waals surface area (Å²) in [7, 11) is -9.76. The first-order chi connectivity index (χ1) is 12.7. The van der Waals surface area contributed by atoms with Crippen LogP contribution >= 0.6 is 15.6 Å². The molecule has 0 saturated heterocycles. The Balaban J connectivity index is 2.05. The fourth-order valence-corrected chi connectivity index (χ4v) is 4.90. The van der Waals surface area contributed by atoms with Gasteiger partial charge in [0, 0.05) is 5.39 Å². The third kappa shape index (κ3) is 3.81. The molecular weight excluding hydrogens is 388 g/mol. The van der Waals surface area contributed by atoms with Crippen molar-refractivity contribution in [2.75, 3.05) is 0 Å². The van der Waals surface area contributed by atoms with Crippen LogP contribution in [0, 0.1) is 0 Å². The Kier molecular flexibility index (Phi) is 4.41. The zero-order valence-electron chi connectivity index (χ0n) is 13.8. The van der Waals surface area contributed by atoms with Gasteiger partial charge in [0.2, 0.25) is 0 Å². The van der Waals surface area contributed by atoms with Crippen molar-refractivity contribution in [3.05, 3.63) is 66.7 Å². The normalized spacial score (nSPS) is 12.7. The Morgan fingerprint density at radius 3 is 2.07 bits per heavy atom. The topological polar surface area (TPSA) is 120 Å². The Hall–Kier alpha value is -2.08. The molecule has 0 heterocycles. The Labute approximate surface area is 154 Å². The lowest BCUT2D eigenvalue weighted by Gasteiger charge is -2.13. The van der Waals surface area contributed by atoms with E-state index in [1.54, 1.807) is 12.1 Å². The molecule has 27 heavy (non-hydrogen) atoms. The first kappa shape index (κ1) is 18.3. The number of benzene rings is 4. The van der Waals surface area contributed by atoms with Crippen LogP contribution in [-0.2, 0) is 8.88 Å². The fraction of sp³-hybridized carbons (Fsp3) is 0.